The van der Waals surface area contributed by atoms with Gasteiger partial charge in [-0.1, -0.05) is 6.92 Å². The van der Waals surface area contributed by atoms with Gasteiger partial charge in [0.1, 0.15) is 0 Å². The highest BCUT2D eigenvalue weighted by atomic mass is 16.5. The Morgan fingerprint density at radius 3 is 2.88 bits per heavy atom. The van der Waals surface area contributed by atoms with Crippen LogP contribution in [0.3, 0.4) is 0 Å². The van der Waals surface area contributed by atoms with Gasteiger partial charge in [-0.05, 0) is 6.92 Å². The lowest BCUT2D eigenvalue weighted by Gasteiger charge is -2.05. The summed E-state index contributed by atoms with van der Waals surface area (Å²) >= 11 is 0. The zero-order valence-corrected chi connectivity index (χ0v) is 9.21. The lowest BCUT2D eigenvalue weighted by molar-refractivity contribution is -0.141. The van der Waals surface area contributed by atoms with Crippen LogP contribution >= 0.6 is 0 Å². The number of aromatic nitrogens is 2. The molecular formula is C10H14N2O4. The van der Waals surface area contributed by atoms with E-state index in [0.717, 1.165) is 0 Å². The highest BCUT2D eigenvalue weighted by molar-refractivity contribution is 5.88. The first-order valence-electron chi connectivity index (χ1n) is 4.97. The van der Waals surface area contributed by atoms with Gasteiger partial charge in [0, 0.05) is 6.20 Å². The first-order valence-corrected chi connectivity index (χ1v) is 4.97. The van der Waals surface area contributed by atoms with Crippen LogP contribution < -0.4 is 0 Å². The van der Waals surface area contributed by atoms with E-state index in [1.807, 2.05) is 0 Å². The molecule has 16 heavy (non-hydrogen) atoms. The van der Waals surface area contributed by atoms with Gasteiger partial charge in [0.2, 0.25) is 0 Å². The van der Waals surface area contributed by atoms with Crippen molar-refractivity contribution in [1.29, 1.82) is 0 Å². The number of carbonyl (C=O) groups is 2. The summed E-state index contributed by atoms with van der Waals surface area (Å²) < 4.78 is 6.21. The van der Waals surface area contributed by atoms with Crippen molar-refractivity contribution in [3.05, 3.63) is 18.0 Å². The fourth-order valence-corrected chi connectivity index (χ4v) is 1.14. The maximum absolute atomic E-state index is 11.3. The fraction of sp³-hybridized carbons (Fsp3) is 0.500. The summed E-state index contributed by atoms with van der Waals surface area (Å²) in [5.74, 6) is -1.89. The number of hydrogen-bond donors (Lipinski definition) is 1. The molecule has 1 aromatic heterocycles. The van der Waals surface area contributed by atoms with E-state index in [2.05, 4.69) is 5.10 Å². The maximum Gasteiger partial charge on any atom is 0.341 e. The minimum Gasteiger partial charge on any atom is -0.481 e. The van der Waals surface area contributed by atoms with Crippen LogP contribution in [0, 0.1) is 5.92 Å². The van der Waals surface area contributed by atoms with Crippen molar-refractivity contribution < 1.29 is 19.4 Å². The summed E-state index contributed by atoms with van der Waals surface area (Å²) in [5, 5.41) is 12.6. The average Bonchev–Trinajstić information content (AvgIpc) is 2.66. The van der Waals surface area contributed by atoms with Crippen molar-refractivity contribution in [3.8, 4) is 0 Å². The Hall–Kier alpha value is -1.85. The Labute approximate surface area is 92.8 Å². The number of aliphatic carboxylic acids is 1. The lowest BCUT2D eigenvalue weighted by atomic mass is 10.2. The Balaban J connectivity index is 2.64. The van der Waals surface area contributed by atoms with E-state index in [1.54, 1.807) is 13.8 Å². The van der Waals surface area contributed by atoms with E-state index >= 15 is 0 Å². The van der Waals surface area contributed by atoms with Crippen LogP contribution in [0.5, 0.6) is 0 Å². The summed E-state index contributed by atoms with van der Waals surface area (Å²) in [6, 6.07) is 0. The first-order chi connectivity index (χ1) is 7.54. The summed E-state index contributed by atoms with van der Waals surface area (Å²) in [4.78, 5) is 21.9. The van der Waals surface area contributed by atoms with E-state index in [0.29, 0.717) is 12.2 Å². The molecule has 1 heterocycles. The quantitative estimate of drug-likeness (QED) is 0.750. The lowest BCUT2D eigenvalue weighted by Crippen LogP contribution is -2.17. The SMILES string of the molecule is CCOC(=O)c1cnn(C[C@@H](C)C(=O)O)c1. The van der Waals surface area contributed by atoms with Crippen molar-refractivity contribution >= 4 is 11.9 Å². The van der Waals surface area contributed by atoms with Gasteiger partial charge in [-0.25, -0.2) is 4.79 Å². The minimum absolute atomic E-state index is 0.231. The van der Waals surface area contributed by atoms with Crippen LogP contribution in [0.15, 0.2) is 12.4 Å². The Kier molecular flexibility index (Phi) is 4.04. The second-order valence-electron chi connectivity index (χ2n) is 3.41. The molecule has 0 radical (unpaired) electrons. The van der Waals surface area contributed by atoms with Crippen molar-refractivity contribution in [2.75, 3.05) is 6.61 Å². The second-order valence-corrected chi connectivity index (χ2v) is 3.41. The van der Waals surface area contributed by atoms with Crippen molar-refractivity contribution in [1.82, 2.24) is 9.78 Å². The van der Waals surface area contributed by atoms with Gasteiger partial charge >= 0.3 is 11.9 Å². The summed E-state index contributed by atoms with van der Waals surface area (Å²) in [6.45, 7) is 3.83. The van der Waals surface area contributed by atoms with E-state index in [-0.39, 0.29) is 6.54 Å². The monoisotopic (exact) mass is 226 g/mol. The molecule has 1 rings (SSSR count). The maximum atomic E-state index is 11.3. The summed E-state index contributed by atoms with van der Waals surface area (Å²) in [5.41, 5.74) is 0.333. The van der Waals surface area contributed by atoms with Crippen LogP contribution in [-0.4, -0.2) is 33.4 Å². The fourth-order valence-electron chi connectivity index (χ4n) is 1.14. The Morgan fingerprint density at radius 1 is 1.62 bits per heavy atom. The summed E-state index contributed by atoms with van der Waals surface area (Å²) in [7, 11) is 0. The zero-order valence-electron chi connectivity index (χ0n) is 9.21. The number of esters is 1. The molecule has 88 valence electrons. The number of carboxylic acids is 1. The zero-order chi connectivity index (χ0) is 12.1. The largest absolute Gasteiger partial charge is 0.481 e. The molecular weight excluding hydrogens is 212 g/mol. The van der Waals surface area contributed by atoms with Crippen LogP contribution in [0.25, 0.3) is 0 Å². The smallest absolute Gasteiger partial charge is 0.341 e. The molecule has 6 heteroatoms. The first kappa shape index (κ1) is 12.2. The molecule has 0 saturated heterocycles. The van der Waals surface area contributed by atoms with Gasteiger partial charge in [0.25, 0.3) is 0 Å². The number of rotatable bonds is 5. The molecule has 0 unspecified atom stereocenters. The topological polar surface area (TPSA) is 81.4 Å². The third-order valence-electron chi connectivity index (χ3n) is 2.03. The standard InChI is InChI=1S/C10H14N2O4/c1-3-16-10(15)8-4-11-12(6-8)5-7(2)9(13)14/h4,6-7H,3,5H2,1-2H3,(H,13,14)/t7-/m1/s1. The van der Waals surface area contributed by atoms with E-state index in [9.17, 15) is 9.59 Å². The molecule has 0 aliphatic carbocycles. The average molecular weight is 226 g/mol. The third kappa shape index (κ3) is 3.08. The predicted molar refractivity (Wildman–Crippen MR) is 55.0 cm³/mol. The van der Waals surface area contributed by atoms with Crippen LogP contribution in [0.1, 0.15) is 24.2 Å². The number of carbonyl (C=O) groups excluding carboxylic acids is 1. The molecule has 0 saturated carbocycles. The molecule has 6 nitrogen and oxygen atoms in total. The molecule has 0 fully saturated rings. The molecule has 0 aromatic carbocycles. The van der Waals surface area contributed by atoms with E-state index in [4.69, 9.17) is 9.84 Å². The number of carboxylic acid groups (broad SMARTS) is 1. The van der Waals surface area contributed by atoms with Crippen molar-refractivity contribution in [2.45, 2.75) is 20.4 Å². The van der Waals surface area contributed by atoms with Crippen LogP contribution in [-0.2, 0) is 16.1 Å². The molecule has 1 aromatic rings. The van der Waals surface area contributed by atoms with Crippen molar-refractivity contribution in [3.63, 3.8) is 0 Å². The van der Waals surface area contributed by atoms with Gasteiger partial charge < -0.3 is 9.84 Å². The van der Waals surface area contributed by atoms with Gasteiger partial charge in [0.15, 0.2) is 0 Å². The molecule has 0 bridgehead atoms. The molecule has 0 aliphatic rings. The second kappa shape index (κ2) is 5.29. The number of ether oxygens (including phenoxy) is 1. The number of hydrogen-bond acceptors (Lipinski definition) is 4. The van der Waals surface area contributed by atoms with Crippen LogP contribution in [0.4, 0.5) is 0 Å². The van der Waals surface area contributed by atoms with E-state index in [1.165, 1.54) is 17.1 Å². The highest BCUT2D eigenvalue weighted by Crippen LogP contribution is 2.04. The molecule has 0 aliphatic heterocycles. The van der Waals surface area contributed by atoms with Gasteiger partial charge in [-0.3, -0.25) is 9.48 Å². The normalized spacial score (nSPS) is 12.1. The third-order valence-corrected chi connectivity index (χ3v) is 2.03. The van der Waals surface area contributed by atoms with Crippen LogP contribution in [0.2, 0.25) is 0 Å². The van der Waals surface area contributed by atoms with Crippen molar-refractivity contribution in [2.24, 2.45) is 5.92 Å². The molecule has 1 N–H and O–H groups in total. The van der Waals surface area contributed by atoms with Gasteiger partial charge in [0.05, 0.1) is 30.8 Å². The minimum atomic E-state index is -0.895. The Bertz CT molecular complexity index is 386. The number of nitrogens with zero attached hydrogens (tertiary/aromatic N) is 2. The molecule has 0 amide bonds. The van der Waals surface area contributed by atoms with Gasteiger partial charge in [-0.15, -0.1) is 0 Å². The molecule has 1 atom stereocenters. The summed E-state index contributed by atoms with van der Waals surface area (Å²) in [6.07, 6.45) is 2.85. The Morgan fingerprint density at radius 2 is 2.31 bits per heavy atom. The predicted octanol–water partition coefficient (Wildman–Crippen LogP) is 0.780. The highest BCUT2D eigenvalue weighted by Gasteiger charge is 2.14. The van der Waals surface area contributed by atoms with Gasteiger partial charge in [-0.2, -0.15) is 5.10 Å². The van der Waals surface area contributed by atoms with E-state index < -0.39 is 17.9 Å². The molecule has 0 spiro atoms.